The number of carbonyl (C=O) groups excluding carboxylic acids is 1. The zero-order valence-corrected chi connectivity index (χ0v) is 15.1. The van der Waals surface area contributed by atoms with Gasteiger partial charge in [-0.25, -0.2) is 0 Å². The highest BCUT2D eigenvalue weighted by Gasteiger charge is 2.15. The van der Waals surface area contributed by atoms with Crippen LogP contribution in [0.4, 0.5) is 0 Å². The summed E-state index contributed by atoms with van der Waals surface area (Å²) in [6.07, 6.45) is 1.99. The second kappa shape index (κ2) is 10.5. The van der Waals surface area contributed by atoms with Crippen LogP contribution in [0.1, 0.15) is 37.0 Å². The van der Waals surface area contributed by atoms with E-state index >= 15 is 0 Å². The molecule has 0 spiro atoms. The lowest BCUT2D eigenvalue weighted by molar-refractivity contribution is 0.0953. The Bertz CT molecular complexity index is 481. The first-order valence-corrected chi connectivity index (χ1v) is 8.42. The van der Waals surface area contributed by atoms with Crippen LogP contribution < -0.4 is 20.1 Å². The Balaban J connectivity index is 2.70. The van der Waals surface area contributed by atoms with E-state index in [9.17, 15) is 4.79 Å². The summed E-state index contributed by atoms with van der Waals surface area (Å²) in [4.78, 5) is 12.2. The van der Waals surface area contributed by atoms with Crippen LogP contribution in [0.25, 0.3) is 0 Å². The van der Waals surface area contributed by atoms with Crippen molar-refractivity contribution in [3.63, 3.8) is 0 Å². The number of halogens is 1. The first-order chi connectivity index (χ1) is 10.6. The molecule has 22 heavy (non-hydrogen) atoms. The van der Waals surface area contributed by atoms with E-state index in [1.807, 2.05) is 6.92 Å². The maximum Gasteiger partial charge on any atom is 0.251 e. The predicted octanol–water partition coefficient (Wildman–Crippen LogP) is 2.98. The highest BCUT2D eigenvalue weighted by molar-refractivity contribution is 9.10. The Morgan fingerprint density at radius 3 is 2.59 bits per heavy atom. The molecule has 1 aromatic rings. The van der Waals surface area contributed by atoms with Gasteiger partial charge in [-0.3, -0.25) is 4.79 Å². The van der Waals surface area contributed by atoms with Gasteiger partial charge in [0.1, 0.15) is 0 Å². The number of rotatable bonds is 10. The van der Waals surface area contributed by atoms with Gasteiger partial charge < -0.3 is 20.1 Å². The Morgan fingerprint density at radius 1 is 1.18 bits per heavy atom. The van der Waals surface area contributed by atoms with Gasteiger partial charge in [-0.15, -0.1) is 0 Å². The Morgan fingerprint density at radius 2 is 1.95 bits per heavy atom. The molecule has 0 radical (unpaired) electrons. The minimum Gasteiger partial charge on any atom is -0.493 e. The van der Waals surface area contributed by atoms with Crippen molar-refractivity contribution in [1.82, 2.24) is 10.6 Å². The lowest BCUT2D eigenvalue weighted by atomic mass is 10.2. The van der Waals surface area contributed by atoms with Crippen LogP contribution in [-0.4, -0.2) is 39.3 Å². The van der Waals surface area contributed by atoms with E-state index in [2.05, 4.69) is 33.5 Å². The zero-order chi connectivity index (χ0) is 16.4. The summed E-state index contributed by atoms with van der Waals surface area (Å²) in [5.74, 6) is 1.06. The minimum absolute atomic E-state index is 0.126. The summed E-state index contributed by atoms with van der Waals surface area (Å²) >= 11 is 3.44. The fraction of sp³-hybridized carbons (Fsp3) is 0.562. The molecule has 0 aliphatic rings. The molecular formula is C16H25BrN2O3. The largest absolute Gasteiger partial charge is 0.493 e. The topological polar surface area (TPSA) is 59.6 Å². The molecule has 2 N–H and O–H groups in total. The summed E-state index contributed by atoms with van der Waals surface area (Å²) in [7, 11) is 1.57. The molecule has 124 valence electrons. The van der Waals surface area contributed by atoms with Crippen molar-refractivity contribution in [2.75, 3.05) is 33.4 Å². The van der Waals surface area contributed by atoms with Crippen LogP contribution in [0.15, 0.2) is 16.6 Å². The van der Waals surface area contributed by atoms with Gasteiger partial charge in [0.2, 0.25) is 0 Å². The molecule has 1 aromatic carbocycles. The van der Waals surface area contributed by atoms with Gasteiger partial charge in [0, 0.05) is 18.7 Å². The molecule has 0 saturated heterocycles. The van der Waals surface area contributed by atoms with Gasteiger partial charge in [-0.05, 0) is 47.4 Å². The number of carbonyl (C=O) groups is 1. The lowest BCUT2D eigenvalue weighted by Gasteiger charge is -2.14. The summed E-state index contributed by atoms with van der Waals surface area (Å²) in [5.41, 5.74) is 0.545. The monoisotopic (exact) mass is 372 g/mol. The van der Waals surface area contributed by atoms with Crippen LogP contribution in [0.5, 0.6) is 11.5 Å². The van der Waals surface area contributed by atoms with E-state index in [0.29, 0.717) is 30.2 Å². The van der Waals surface area contributed by atoms with E-state index in [1.165, 1.54) is 0 Å². The molecule has 1 amide bonds. The van der Waals surface area contributed by atoms with E-state index in [4.69, 9.17) is 9.47 Å². The molecule has 5 nitrogen and oxygen atoms in total. The standard InChI is InChI=1S/C16H25BrN2O3/c1-4-6-18-7-8-19-16(20)12-10-13(17)15(22-9-5-2)14(11-12)21-3/h10-11,18H,4-9H2,1-3H3,(H,19,20). The third kappa shape index (κ3) is 5.85. The summed E-state index contributed by atoms with van der Waals surface area (Å²) in [5, 5.41) is 6.12. The van der Waals surface area contributed by atoms with E-state index in [1.54, 1.807) is 19.2 Å². The Hall–Kier alpha value is -1.27. The van der Waals surface area contributed by atoms with Crippen molar-refractivity contribution in [1.29, 1.82) is 0 Å². The number of ether oxygens (including phenoxy) is 2. The number of methoxy groups -OCH3 is 1. The highest BCUT2D eigenvalue weighted by atomic mass is 79.9. The number of hydrogen-bond donors (Lipinski definition) is 2. The lowest BCUT2D eigenvalue weighted by Crippen LogP contribution is -2.32. The van der Waals surface area contributed by atoms with Crippen molar-refractivity contribution in [3.8, 4) is 11.5 Å². The summed E-state index contributed by atoms with van der Waals surface area (Å²) in [6.45, 7) is 7.05. The normalized spacial score (nSPS) is 10.4. The van der Waals surface area contributed by atoms with Crippen LogP contribution >= 0.6 is 15.9 Å². The molecule has 6 heteroatoms. The smallest absolute Gasteiger partial charge is 0.251 e. The van der Waals surface area contributed by atoms with Crippen molar-refractivity contribution >= 4 is 21.8 Å². The maximum absolute atomic E-state index is 12.2. The molecule has 0 aliphatic carbocycles. The second-order valence-corrected chi connectivity index (χ2v) is 5.70. The minimum atomic E-state index is -0.126. The molecule has 0 unspecified atom stereocenters. The summed E-state index contributed by atoms with van der Waals surface area (Å²) in [6, 6.07) is 3.45. The van der Waals surface area contributed by atoms with Gasteiger partial charge in [-0.2, -0.15) is 0 Å². The first-order valence-electron chi connectivity index (χ1n) is 7.63. The van der Waals surface area contributed by atoms with Crippen molar-refractivity contribution in [2.45, 2.75) is 26.7 Å². The quantitative estimate of drug-likeness (QED) is 0.619. The molecule has 0 fully saturated rings. The fourth-order valence-electron chi connectivity index (χ4n) is 1.86. The highest BCUT2D eigenvalue weighted by Crippen LogP contribution is 2.36. The van der Waals surface area contributed by atoms with Gasteiger partial charge in [-0.1, -0.05) is 13.8 Å². The number of nitrogens with one attached hydrogen (secondary N) is 2. The Kier molecular flexibility index (Phi) is 8.92. The average molecular weight is 373 g/mol. The van der Waals surface area contributed by atoms with E-state index in [-0.39, 0.29) is 5.91 Å². The van der Waals surface area contributed by atoms with Crippen LogP contribution in [0, 0.1) is 0 Å². The molecule has 0 aromatic heterocycles. The molecule has 0 aliphatic heterocycles. The van der Waals surface area contributed by atoms with Crippen molar-refractivity contribution in [3.05, 3.63) is 22.2 Å². The van der Waals surface area contributed by atoms with Gasteiger partial charge >= 0.3 is 0 Å². The summed E-state index contributed by atoms with van der Waals surface area (Å²) < 4.78 is 11.7. The Labute approximate surface area is 140 Å². The molecule has 0 atom stereocenters. The van der Waals surface area contributed by atoms with Crippen LogP contribution in [-0.2, 0) is 0 Å². The molecule has 1 rings (SSSR count). The molecule has 0 bridgehead atoms. The number of amides is 1. The maximum atomic E-state index is 12.2. The molecular weight excluding hydrogens is 348 g/mol. The first kappa shape index (κ1) is 18.8. The average Bonchev–Trinajstić information content (AvgIpc) is 2.52. The van der Waals surface area contributed by atoms with Gasteiger partial charge in [0.25, 0.3) is 5.91 Å². The number of hydrogen-bond acceptors (Lipinski definition) is 4. The van der Waals surface area contributed by atoms with E-state index in [0.717, 1.165) is 30.4 Å². The van der Waals surface area contributed by atoms with E-state index < -0.39 is 0 Å². The second-order valence-electron chi connectivity index (χ2n) is 4.84. The third-order valence-electron chi connectivity index (χ3n) is 2.96. The van der Waals surface area contributed by atoms with Gasteiger partial charge in [0.05, 0.1) is 18.2 Å². The number of benzene rings is 1. The van der Waals surface area contributed by atoms with Crippen molar-refractivity contribution in [2.24, 2.45) is 0 Å². The van der Waals surface area contributed by atoms with Gasteiger partial charge in [0.15, 0.2) is 11.5 Å². The fourth-order valence-corrected chi connectivity index (χ4v) is 2.42. The van der Waals surface area contributed by atoms with Crippen LogP contribution in [0.3, 0.4) is 0 Å². The molecule has 0 saturated carbocycles. The SMILES string of the molecule is CCCNCCNC(=O)c1cc(Br)c(OCCC)c(OC)c1. The molecule has 0 heterocycles. The van der Waals surface area contributed by atoms with Crippen molar-refractivity contribution < 1.29 is 14.3 Å². The van der Waals surface area contributed by atoms with Crippen LogP contribution in [0.2, 0.25) is 0 Å². The zero-order valence-electron chi connectivity index (χ0n) is 13.5. The predicted molar refractivity (Wildman–Crippen MR) is 92.0 cm³/mol. The third-order valence-corrected chi connectivity index (χ3v) is 3.55.